The fourth-order valence-corrected chi connectivity index (χ4v) is 2.64. The zero-order valence-electron chi connectivity index (χ0n) is 13.0. The Morgan fingerprint density at radius 1 is 0.789 bits per heavy atom. The van der Waals surface area contributed by atoms with Crippen molar-refractivity contribution >= 4 is 39.7 Å². The Labute approximate surface area is 142 Å². The van der Waals surface area contributed by atoms with Crippen molar-refractivity contribution in [2.24, 2.45) is 5.92 Å². The van der Waals surface area contributed by atoms with Crippen LogP contribution in [-0.2, 0) is 10.1 Å². The topological polar surface area (TPSA) is 54.4 Å². The van der Waals surface area contributed by atoms with E-state index < -0.39 is 10.1 Å². The molecule has 0 aromatic carbocycles. The van der Waals surface area contributed by atoms with Crippen LogP contribution in [0.1, 0.15) is 78.1 Å². The molecule has 1 N–H and O–H groups in total. The first kappa shape index (κ1) is 22.2. The Kier molecular flexibility index (Phi) is 16.2. The van der Waals surface area contributed by atoms with Gasteiger partial charge in [-0.15, -0.1) is 0 Å². The molecule has 0 spiro atoms. The average molecular weight is 301 g/mol. The molecule has 0 saturated heterocycles. The Hall–Kier alpha value is 0.910. The summed E-state index contributed by atoms with van der Waals surface area (Å²) in [6.07, 6.45) is 11.7. The summed E-state index contributed by atoms with van der Waals surface area (Å²) in [6, 6.07) is 0. The smallest absolute Gasteiger partial charge is 0.264 e. The van der Waals surface area contributed by atoms with Crippen molar-refractivity contribution in [3.8, 4) is 0 Å². The second-order valence-electron chi connectivity index (χ2n) is 5.65. The molecule has 19 heavy (non-hydrogen) atoms. The Balaban J connectivity index is 0. The third-order valence-corrected chi connectivity index (χ3v) is 3.99. The zero-order chi connectivity index (χ0) is 13.9. The molecule has 0 saturated carbocycles. The first-order valence-corrected chi connectivity index (χ1v) is 8.98. The van der Waals surface area contributed by atoms with Crippen LogP contribution in [0.2, 0.25) is 0 Å². The van der Waals surface area contributed by atoms with Crippen molar-refractivity contribution < 1.29 is 13.0 Å². The third-order valence-electron chi connectivity index (χ3n) is 3.18. The van der Waals surface area contributed by atoms with Gasteiger partial charge in [0.05, 0.1) is 5.75 Å². The SMILES string of the molecule is CC(C)CCCCCCCCCCCS(=O)(=O)O.[Na]. The van der Waals surface area contributed by atoms with Gasteiger partial charge < -0.3 is 0 Å². The molecule has 0 rings (SSSR count). The molecule has 0 aliphatic carbocycles. The van der Waals surface area contributed by atoms with Crippen LogP contribution >= 0.6 is 0 Å². The molecule has 111 valence electrons. The second kappa shape index (κ2) is 13.9. The molecule has 0 heterocycles. The van der Waals surface area contributed by atoms with Gasteiger partial charge in [0.15, 0.2) is 0 Å². The van der Waals surface area contributed by atoms with E-state index in [2.05, 4.69) is 13.8 Å². The standard InChI is InChI=1S/C14H30O3S.Na/c1-14(2)12-10-8-6-4-3-5-7-9-11-13-18(15,16)17;/h14H,3-13H2,1-2H3,(H,15,16,17);. The number of unbranched alkanes of at least 4 members (excludes halogenated alkanes) is 8. The Morgan fingerprint density at radius 3 is 1.53 bits per heavy atom. The average Bonchev–Trinajstić information content (AvgIpc) is 2.24. The summed E-state index contributed by atoms with van der Waals surface area (Å²) in [5.74, 6) is 0.746. The molecular formula is C14H30NaO3S. The molecule has 0 amide bonds. The van der Waals surface area contributed by atoms with Crippen molar-refractivity contribution in [2.45, 2.75) is 78.1 Å². The van der Waals surface area contributed by atoms with Crippen LogP contribution in [0.3, 0.4) is 0 Å². The van der Waals surface area contributed by atoms with Gasteiger partial charge in [-0.05, 0) is 12.3 Å². The molecule has 1 radical (unpaired) electrons. The van der Waals surface area contributed by atoms with Crippen molar-refractivity contribution in [2.75, 3.05) is 5.75 Å². The van der Waals surface area contributed by atoms with Crippen molar-refractivity contribution in [3.05, 3.63) is 0 Å². The van der Waals surface area contributed by atoms with E-state index in [9.17, 15) is 8.42 Å². The van der Waals surface area contributed by atoms with Gasteiger partial charge in [0, 0.05) is 29.6 Å². The van der Waals surface area contributed by atoms with Crippen molar-refractivity contribution in [1.29, 1.82) is 0 Å². The molecule has 0 atom stereocenters. The van der Waals surface area contributed by atoms with E-state index in [1.807, 2.05) is 0 Å². The molecule has 0 aromatic rings. The van der Waals surface area contributed by atoms with E-state index in [1.165, 1.54) is 44.9 Å². The third kappa shape index (κ3) is 21.4. The van der Waals surface area contributed by atoms with Crippen molar-refractivity contribution in [1.82, 2.24) is 0 Å². The summed E-state index contributed by atoms with van der Waals surface area (Å²) in [6.45, 7) is 4.54. The van der Waals surface area contributed by atoms with Gasteiger partial charge in [-0.2, -0.15) is 8.42 Å². The quantitative estimate of drug-likeness (QED) is 0.336. The van der Waals surface area contributed by atoms with Crippen LogP contribution in [0.15, 0.2) is 0 Å². The molecule has 0 bridgehead atoms. The first-order valence-electron chi connectivity index (χ1n) is 7.37. The van der Waals surface area contributed by atoms with Crippen LogP contribution in [0.4, 0.5) is 0 Å². The van der Waals surface area contributed by atoms with Gasteiger partial charge in [-0.25, -0.2) is 0 Å². The Morgan fingerprint density at radius 2 is 1.16 bits per heavy atom. The van der Waals surface area contributed by atoms with Crippen LogP contribution < -0.4 is 0 Å². The molecular weight excluding hydrogens is 271 g/mol. The van der Waals surface area contributed by atoms with E-state index in [0.717, 1.165) is 18.8 Å². The van der Waals surface area contributed by atoms with E-state index >= 15 is 0 Å². The molecule has 0 unspecified atom stereocenters. The first-order chi connectivity index (χ1) is 8.42. The van der Waals surface area contributed by atoms with Crippen molar-refractivity contribution in [3.63, 3.8) is 0 Å². The fourth-order valence-electron chi connectivity index (χ4n) is 2.07. The number of rotatable bonds is 12. The van der Waals surface area contributed by atoms with Crippen LogP contribution in [0.25, 0.3) is 0 Å². The summed E-state index contributed by atoms with van der Waals surface area (Å²) in [7, 11) is -3.74. The fraction of sp³-hybridized carbons (Fsp3) is 1.00. The molecule has 3 nitrogen and oxygen atoms in total. The molecule has 0 aliphatic rings. The molecule has 0 aromatic heterocycles. The maximum atomic E-state index is 10.5. The molecule has 0 aliphatic heterocycles. The Bertz CT molecular complexity index is 276. The number of hydrogen-bond acceptors (Lipinski definition) is 2. The summed E-state index contributed by atoms with van der Waals surface area (Å²) < 4.78 is 29.5. The summed E-state index contributed by atoms with van der Waals surface area (Å²) in [4.78, 5) is 0. The minimum atomic E-state index is -3.74. The minimum Gasteiger partial charge on any atom is -0.286 e. The maximum absolute atomic E-state index is 10.5. The van der Waals surface area contributed by atoms with Gasteiger partial charge in [0.25, 0.3) is 10.1 Å². The van der Waals surface area contributed by atoms with E-state index in [1.54, 1.807) is 0 Å². The van der Waals surface area contributed by atoms with Gasteiger partial charge in [0.2, 0.25) is 0 Å². The van der Waals surface area contributed by atoms with Crippen LogP contribution in [0, 0.1) is 5.92 Å². The molecule has 0 fully saturated rings. The maximum Gasteiger partial charge on any atom is 0.264 e. The van der Waals surface area contributed by atoms with E-state index in [-0.39, 0.29) is 35.3 Å². The summed E-state index contributed by atoms with van der Waals surface area (Å²) in [5.41, 5.74) is 0. The van der Waals surface area contributed by atoms with Crippen LogP contribution in [0.5, 0.6) is 0 Å². The normalized spacial score (nSPS) is 11.6. The summed E-state index contributed by atoms with van der Waals surface area (Å²) >= 11 is 0. The second-order valence-corrected chi connectivity index (χ2v) is 7.22. The zero-order valence-corrected chi connectivity index (χ0v) is 15.8. The number of hydrogen-bond donors (Lipinski definition) is 1. The van der Waals surface area contributed by atoms with Gasteiger partial charge in [0.1, 0.15) is 0 Å². The van der Waals surface area contributed by atoms with Gasteiger partial charge in [-0.1, -0.05) is 71.6 Å². The minimum absolute atomic E-state index is 0. The summed E-state index contributed by atoms with van der Waals surface area (Å²) in [5, 5.41) is 0. The predicted molar refractivity (Wildman–Crippen MR) is 83.2 cm³/mol. The molecule has 5 heteroatoms. The monoisotopic (exact) mass is 301 g/mol. The van der Waals surface area contributed by atoms with Gasteiger partial charge >= 0.3 is 0 Å². The largest absolute Gasteiger partial charge is 0.286 e. The predicted octanol–water partition coefficient (Wildman–Crippen LogP) is 4.05. The van der Waals surface area contributed by atoms with E-state index in [4.69, 9.17) is 4.55 Å². The van der Waals surface area contributed by atoms with Crippen LogP contribution in [-0.4, -0.2) is 48.3 Å². The van der Waals surface area contributed by atoms with Gasteiger partial charge in [-0.3, -0.25) is 4.55 Å². The van der Waals surface area contributed by atoms with E-state index in [0.29, 0.717) is 6.42 Å².